The van der Waals surface area contributed by atoms with Gasteiger partial charge in [-0.15, -0.1) is 12.4 Å². The third-order valence-corrected chi connectivity index (χ3v) is 2.37. The molecule has 0 spiro atoms. The molecule has 0 amide bonds. The molecule has 0 unspecified atom stereocenters. The second-order valence-corrected chi connectivity index (χ2v) is 4.91. The summed E-state index contributed by atoms with van der Waals surface area (Å²) in [6.45, 7) is 9.96. The summed E-state index contributed by atoms with van der Waals surface area (Å²) in [6.07, 6.45) is 0. The van der Waals surface area contributed by atoms with Crippen LogP contribution in [0.1, 0.15) is 43.6 Å². The van der Waals surface area contributed by atoms with Gasteiger partial charge in [-0.3, -0.25) is 4.79 Å². The molecular weight excluding hydrogens is 278 g/mol. The topological polar surface area (TPSA) is 80.4 Å². The molecule has 0 saturated carbocycles. The lowest BCUT2D eigenvalue weighted by atomic mass is 9.90. The van der Waals surface area contributed by atoms with Crippen molar-refractivity contribution in [1.29, 1.82) is 0 Å². The molecule has 0 fully saturated rings. The minimum Gasteiger partial charge on any atom is -0.478 e. The van der Waals surface area contributed by atoms with E-state index in [4.69, 9.17) is 10.8 Å². The van der Waals surface area contributed by atoms with E-state index in [1.54, 1.807) is 6.92 Å². The molecule has 0 aromatic heterocycles. The average Bonchev–Trinajstić information content (AvgIpc) is 2.28. The minimum atomic E-state index is -0.935. The summed E-state index contributed by atoms with van der Waals surface area (Å²) < 4.78 is 0. The summed E-state index contributed by atoms with van der Waals surface area (Å²) >= 11 is 0. The van der Waals surface area contributed by atoms with E-state index >= 15 is 0 Å². The first kappa shape index (κ1) is 20.7. The molecule has 0 aliphatic heterocycles. The largest absolute Gasteiger partial charge is 0.478 e. The molecule has 0 aliphatic rings. The number of carboxylic acids is 1. The minimum absolute atomic E-state index is 0. The van der Waals surface area contributed by atoms with E-state index in [0.29, 0.717) is 0 Å². The van der Waals surface area contributed by atoms with E-state index in [2.05, 4.69) is 6.58 Å². The first-order chi connectivity index (χ1) is 8.57. The number of hydrogen-bond donors (Lipinski definition) is 2. The van der Waals surface area contributed by atoms with Crippen LogP contribution in [0.25, 0.3) is 0 Å². The van der Waals surface area contributed by atoms with Crippen LogP contribution in [0.5, 0.6) is 0 Å². The number of carbonyl (C=O) groups is 2. The molecule has 0 heterocycles. The molecule has 1 aromatic rings. The first-order valence-corrected chi connectivity index (χ1v) is 5.85. The molecule has 112 valence electrons. The maximum absolute atomic E-state index is 11.3. The van der Waals surface area contributed by atoms with E-state index in [0.717, 1.165) is 11.1 Å². The van der Waals surface area contributed by atoms with Gasteiger partial charge < -0.3 is 10.8 Å². The molecule has 5 heteroatoms. The van der Waals surface area contributed by atoms with Gasteiger partial charge in [-0.1, -0.05) is 30.8 Å². The van der Waals surface area contributed by atoms with E-state index in [9.17, 15) is 9.59 Å². The Morgan fingerprint density at radius 1 is 1.20 bits per heavy atom. The predicted molar refractivity (Wildman–Crippen MR) is 83.4 cm³/mol. The number of aliphatic carboxylic acids is 1. The van der Waals surface area contributed by atoms with Crippen LogP contribution in [0.3, 0.4) is 0 Å². The lowest BCUT2D eigenvalue weighted by molar-refractivity contribution is -0.132. The summed E-state index contributed by atoms with van der Waals surface area (Å²) in [6, 6.07) is 7.46. The Morgan fingerprint density at radius 2 is 1.60 bits per heavy atom. The van der Waals surface area contributed by atoms with Crippen LogP contribution in [-0.4, -0.2) is 16.9 Å². The fraction of sp³-hybridized carbons (Fsp3) is 0.333. The highest BCUT2D eigenvalue weighted by Gasteiger charge is 2.19. The van der Waals surface area contributed by atoms with Gasteiger partial charge in [-0.2, -0.15) is 0 Å². The van der Waals surface area contributed by atoms with Crippen LogP contribution in [-0.2, 0) is 10.3 Å². The number of Topliss-reactive ketones (excluding diaryl/α,β-unsaturated/α-hetero) is 1. The molecule has 0 radical (unpaired) electrons. The molecule has 0 saturated heterocycles. The fourth-order valence-corrected chi connectivity index (χ4v) is 1.35. The van der Waals surface area contributed by atoms with Crippen molar-refractivity contribution >= 4 is 24.2 Å². The third kappa shape index (κ3) is 7.07. The molecule has 0 atom stereocenters. The van der Waals surface area contributed by atoms with Crippen LogP contribution >= 0.6 is 12.4 Å². The summed E-state index contributed by atoms with van der Waals surface area (Å²) in [5.74, 6) is -0.871. The number of carbonyl (C=O) groups excluding carboxylic acids is 1. The molecule has 0 aliphatic carbocycles. The van der Waals surface area contributed by atoms with Crippen molar-refractivity contribution in [3.8, 4) is 0 Å². The highest BCUT2D eigenvalue weighted by molar-refractivity contribution is 5.95. The SMILES string of the molecule is C=C(C)C(=O)O.CC(=O)c1ccccc1C(C)(C)N.Cl. The second-order valence-electron chi connectivity index (χ2n) is 4.91. The Morgan fingerprint density at radius 3 is 1.85 bits per heavy atom. The zero-order chi connectivity index (χ0) is 15.2. The van der Waals surface area contributed by atoms with Crippen LogP contribution < -0.4 is 5.73 Å². The van der Waals surface area contributed by atoms with Crippen LogP contribution in [0.2, 0.25) is 0 Å². The average molecular weight is 300 g/mol. The quantitative estimate of drug-likeness (QED) is 0.663. The lowest BCUT2D eigenvalue weighted by Gasteiger charge is -2.21. The second kappa shape index (κ2) is 8.51. The van der Waals surface area contributed by atoms with E-state index in [-0.39, 0.29) is 23.8 Å². The van der Waals surface area contributed by atoms with Crippen molar-refractivity contribution in [2.45, 2.75) is 33.2 Å². The maximum atomic E-state index is 11.3. The summed E-state index contributed by atoms with van der Waals surface area (Å²) in [5, 5.41) is 7.89. The Kier molecular flexibility index (Phi) is 8.79. The van der Waals surface area contributed by atoms with E-state index < -0.39 is 11.5 Å². The van der Waals surface area contributed by atoms with Gasteiger partial charge in [0.05, 0.1) is 0 Å². The zero-order valence-electron chi connectivity index (χ0n) is 12.3. The van der Waals surface area contributed by atoms with Gasteiger partial charge in [0.1, 0.15) is 0 Å². The van der Waals surface area contributed by atoms with Gasteiger partial charge in [-0.05, 0) is 33.3 Å². The van der Waals surface area contributed by atoms with Gasteiger partial charge in [-0.25, -0.2) is 4.79 Å². The Hall–Kier alpha value is -1.65. The van der Waals surface area contributed by atoms with Crippen LogP contribution in [0.15, 0.2) is 36.4 Å². The highest BCUT2D eigenvalue weighted by Crippen LogP contribution is 2.21. The lowest BCUT2D eigenvalue weighted by Crippen LogP contribution is -2.30. The number of ketones is 1. The van der Waals surface area contributed by atoms with Crippen molar-refractivity contribution < 1.29 is 14.7 Å². The number of carboxylic acid groups (broad SMARTS) is 1. The smallest absolute Gasteiger partial charge is 0.330 e. The number of hydrogen-bond acceptors (Lipinski definition) is 3. The van der Waals surface area contributed by atoms with Crippen molar-refractivity contribution in [3.05, 3.63) is 47.5 Å². The molecule has 20 heavy (non-hydrogen) atoms. The van der Waals surface area contributed by atoms with Gasteiger partial charge in [0.2, 0.25) is 0 Å². The number of halogens is 1. The van der Waals surface area contributed by atoms with E-state index in [1.165, 1.54) is 6.92 Å². The Balaban J connectivity index is 0. The Bertz CT molecular complexity index is 478. The van der Waals surface area contributed by atoms with Crippen LogP contribution in [0.4, 0.5) is 0 Å². The molecule has 1 aromatic carbocycles. The van der Waals surface area contributed by atoms with Gasteiger partial charge >= 0.3 is 5.97 Å². The van der Waals surface area contributed by atoms with E-state index in [1.807, 2.05) is 38.1 Å². The summed E-state index contributed by atoms with van der Waals surface area (Å²) in [5.41, 5.74) is 7.29. The van der Waals surface area contributed by atoms with Crippen molar-refractivity contribution in [3.63, 3.8) is 0 Å². The fourth-order valence-electron chi connectivity index (χ4n) is 1.35. The molecule has 3 N–H and O–H groups in total. The zero-order valence-corrected chi connectivity index (χ0v) is 13.1. The molecule has 4 nitrogen and oxygen atoms in total. The molecule has 0 bridgehead atoms. The molecular formula is C15H22ClNO3. The van der Waals surface area contributed by atoms with Crippen molar-refractivity contribution in [2.75, 3.05) is 0 Å². The van der Waals surface area contributed by atoms with Gasteiger partial charge in [0, 0.05) is 16.7 Å². The third-order valence-electron chi connectivity index (χ3n) is 2.37. The number of rotatable bonds is 3. The van der Waals surface area contributed by atoms with Gasteiger partial charge in [0.15, 0.2) is 5.78 Å². The maximum Gasteiger partial charge on any atom is 0.330 e. The predicted octanol–water partition coefficient (Wildman–Crippen LogP) is 3.15. The summed E-state index contributed by atoms with van der Waals surface area (Å²) in [7, 11) is 0. The van der Waals surface area contributed by atoms with Crippen molar-refractivity contribution in [2.24, 2.45) is 5.73 Å². The van der Waals surface area contributed by atoms with Crippen LogP contribution in [0, 0.1) is 0 Å². The van der Waals surface area contributed by atoms with Crippen molar-refractivity contribution in [1.82, 2.24) is 0 Å². The normalized spacial score (nSPS) is 9.65. The standard InChI is InChI=1S/C11H15NO.C4H6O2.ClH/c1-8(13)9-6-4-5-7-10(9)11(2,3)12;1-3(2)4(5)6;/h4-7H,12H2,1-3H3;1H2,2H3,(H,5,6);1H. The highest BCUT2D eigenvalue weighted by atomic mass is 35.5. The number of benzene rings is 1. The number of nitrogens with two attached hydrogens (primary N) is 1. The van der Waals surface area contributed by atoms with Gasteiger partial charge in [0.25, 0.3) is 0 Å². The molecule has 1 rings (SSSR count). The first-order valence-electron chi connectivity index (χ1n) is 5.85. The Labute approximate surface area is 126 Å². The monoisotopic (exact) mass is 299 g/mol. The summed E-state index contributed by atoms with van der Waals surface area (Å²) in [4.78, 5) is 20.9.